The minimum Gasteiger partial charge on any atom is -0.358 e. The Hall–Kier alpha value is -1.78. The summed E-state index contributed by atoms with van der Waals surface area (Å²) < 4.78 is 38.0. The van der Waals surface area contributed by atoms with E-state index in [9.17, 15) is 18.0 Å². The molecule has 18 heavy (non-hydrogen) atoms. The van der Waals surface area contributed by atoms with Gasteiger partial charge in [-0.2, -0.15) is 13.2 Å². The van der Waals surface area contributed by atoms with E-state index in [4.69, 9.17) is 0 Å². The summed E-state index contributed by atoms with van der Waals surface area (Å²) in [6, 6.07) is 3.49. The highest BCUT2D eigenvalue weighted by Gasteiger charge is 2.32. The fourth-order valence-corrected chi connectivity index (χ4v) is 2.48. The number of halogens is 3. The van der Waals surface area contributed by atoms with E-state index < -0.39 is 11.7 Å². The number of aryl methyl sites for hydroxylation is 1. The zero-order valence-corrected chi connectivity index (χ0v) is 9.40. The second kappa shape index (κ2) is 3.60. The second-order valence-electron chi connectivity index (χ2n) is 4.51. The Labute approximate surface area is 101 Å². The van der Waals surface area contributed by atoms with Crippen LogP contribution in [-0.4, -0.2) is 10.8 Å². The fraction of sp³-hybridized carbons (Fsp3) is 0.308. The smallest absolute Gasteiger partial charge is 0.358 e. The summed E-state index contributed by atoms with van der Waals surface area (Å²) in [5.41, 5.74) is 1.10. The van der Waals surface area contributed by atoms with Gasteiger partial charge in [-0.1, -0.05) is 0 Å². The van der Waals surface area contributed by atoms with Crippen LogP contribution in [0.15, 0.2) is 18.2 Å². The van der Waals surface area contributed by atoms with Crippen LogP contribution in [0.25, 0.3) is 10.9 Å². The molecule has 0 radical (unpaired) electrons. The number of rotatable bonds is 0. The summed E-state index contributed by atoms with van der Waals surface area (Å²) in [6.45, 7) is 0. The molecule has 0 spiro atoms. The third kappa shape index (κ3) is 1.62. The first kappa shape index (κ1) is 11.3. The van der Waals surface area contributed by atoms with Crippen LogP contribution in [0.2, 0.25) is 0 Å². The number of hydrogen-bond donors (Lipinski definition) is 1. The molecule has 3 rings (SSSR count). The van der Waals surface area contributed by atoms with Crippen molar-refractivity contribution < 1.29 is 18.0 Å². The second-order valence-corrected chi connectivity index (χ2v) is 4.51. The van der Waals surface area contributed by atoms with Gasteiger partial charge in [0.05, 0.1) is 5.56 Å². The molecule has 1 aromatic carbocycles. The van der Waals surface area contributed by atoms with Crippen molar-refractivity contribution >= 4 is 16.7 Å². The fourth-order valence-electron chi connectivity index (χ4n) is 2.48. The molecule has 0 unspecified atom stereocenters. The van der Waals surface area contributed by atoms with Gasteiger partial charge in [-0.05, 0) is 31.0 Å². The summed E-state index contributed by atoms with van der Waals surface area (Å²) in [6.07, 6.45) is -2.49. The Morgan fingerprint density at radius 1 is 1.17 bits per heavy atom. The number of fused-ring (bicyclic) bond motifs is 3. The average Bonchev–Trinajstić information content (AvgIpc) is 2.66. The molecule has 1 N–H and O–H groups in total. The monoisotopic (exact) mass is 253 g/mol. The van der Waals surface area contributed by atoms with Gasteiger partial charge < -0.3 is 4.98 Å². The maximum Gasteiger partial charge on any atom is 0.416 e. The molecule has 0 amide bonds. The van der Waals surface area contributed by atoms with Crippen molar-refractivity contribution in [1.82, 2.24) is 4.98 Å². The van der Waals surface area contributed by atoms with E-state index in [1.165, 1.54) is 6.07 Å². The summed E-state index contributed by atoms with van der Waals surface area (Å²) >= 11 is 0. The quantitative estimate of drug-likeness (QED) is 0.762. The molecular weight excluding hydrogens is 243 g/mol. The first-order valence-electron chi connectivity index (χ1n) is 5.72. The summed E-state index contributed by atoms with van der Waals surface area (Å²) in [4.78, 5) is 14.9. The van der Waals surface area contributed by atoms with Crippen LogP contribution in [0.4, 0.5) is 13.2 Å². The number of carbonyl (C=O) groups is 1. The number of aromatic nitrogens is 1. The topological polar surface area (TPSA) is 32.9 Å². The number of Topliss-reactive ketones (excluding diaryl/α,β-unsaturated/α-hetero) is 1. The summed E-state index contributed by atoms with van der Waals surface area (Å²) in [7, 11) is 0. The van der Waals surface area contributed by atoms with Crippen molar-refractivity contribution in [3.8, 4) is 0 Å². The molecule has 1 heterocycles. The minimum absolute atomic E-state index is 0.0678. The highest BCUT2D eigenvalue weighted by Crippen LogP contribution is 2.35. The van der Waals surface area contributed by atoms with Gasteiger partial charge in [-0.25, -0.2) is 0 Å². The van der Waals surface area contributed by atoms with Gasteiger partial charge in [0.2, 0.25) is 0 Å². The lowest BCUT2D eigenvalue weighted by Gasteiger charge is -2.10. The van der Waals surface area contributed by atoms with Crippen LogP contribution in [0, 0.1) is 0 Å². The van der Waals surface area contributed by atoms with E-state index in [0.717, 1.165) is 30.7 Å². The van der Waals surface area contributed by atoms with E-state index in [1.807, 2.05) is 0 Å². The van der Waals surface area contributed by atoms with E-state index in [1.54, 1.807) is 0 Å². The Kier molecular flexibility index (Phi) is 2.27. The normalized spacial score (nSPS) is 16.1. The van der Waals surface area contributed by atoms with Gasteiger partial charge in [0.25, 0.3) is 0 Å². The first-order chi connectivity index (χ1) is 8.47. The zero-order valence-electron chi connectivity index (χ0n) is 9.40. The summed E-state index contributed by atoms with van der Waals surface area (Å²) in [5.74, 6) is -0.0678. The Balaban J connectivity index is 2.27. The molecule has 0 saturated carbocycles. The maximum absolute atomic E-state index is 12.7. The van der Waals surface area contributed by atoms with Crippen LogP contribution in [-0.2, 0) is 12.6 Å². The Morgan fingerprint density at radius 2 is 1.94 bits per heavy atom. The zero-order chi connectivity index (χ0) is 12.9. The van der Waals surface area contributed by atoms with Crippen molar-refractivity contribution in [2.24, 2.45) is 0 Å². The van der Waals surface area contributed by atoms with Gasteiger partial charge in [0, 0.05) is 28.6 Å². The molecule has 1 aliphatic carbocycles. The van der Waals surface area contributed by atoms with Gasteiger partial charge >= 0.3 is 6.18 Å². The van der Waals surface area contributed by atoms with E-state index in [-0.39, 0.29) is 5.78 Å². The maximum atomic E-state index is 12.7. The molecule has 0 atom stereocenters. The number of hydrogen-bond acceptors (Lipinski definition) is 1. The van der Waals surface area contributed by atoms with Crippen LogP contribution in [0.5, 0.6) is 0 Å². The third-order valence-corrected chi connectivity index (χ3v) is 3.31. The van der Waals surface area contributed by atoms with Crippen molar-refractivity contribution in [2.75, 3.05) is 0 Å². The molecule has 0 fully saturated rings. The summed E-state index contributed by atoms with van der Waals surface area (Å²) in [5, 5.41) is 0.393. The van der Waals surface area contributed by atoms with Crippen LogP contribution in [0.3, 0.4) is 0 Å². The highest BCUT2D eigenvalue weighted by molar-refractivity contribution is 6.10. The largest absolute Gasteiger partial charge is 0.416 e. The van der Waals surface area contributed by atoms with Gasteiger partial charge in [-0.15, -0.1) is 0 Å². The SMILES string of the molecule is O=C1CCCc2[nH]c3ccc(C(F)(F)F)cc3c21. The molecule has 2 aromatic rings. The lowest BCUT2D eigenvalue weighted by Crippen LogP contribution is -2.09. The highest BCUT2D eigenvalue weighted by atomic mass is 19.4. The Morgan fingerprint density at radius 3 is 2.67 bits per heavy atom. The number of carbonyl (C=O) groups excluding carboxylic acids is 1. The van der Waals surface area contributed by atoms with Crippen LogP contribution < -0.4 is 0 Å². The van der Waals surface area contributed by atoms with Crippen molar-refractivity contribution in [2.45, 2.75) is 25.4 Å². The van der Waals surface area contributed by atoms with Crippen LogP contribution in [0.1, 0.15) is 34.5 Å². The van der Waals surface area contributed by atoms with Crippen molar-refractivity contribution in [3.05, 3.63) is 35.0 Å². The predicted octanol–water partition coefficient (Wildman–Crippen LogP) is 3.71. The molecule has 5 heteroatoms. The number of alkyl halides is 3. The molecule has 0 saturated heterocycles. The lowest BCUT2D eigenvalue weighted by atomic mass is 9.94. The molecule has 1 aromatic heterocycles. The number of nitrogens with one attached hydrogen (secondary N) is 1. The van der Waals surface area contributed by atoms with Crippen LogP contribution >= 0.6 is 0 Å². The predicted molar refractivity (Wildman–Crippen MR) is 60.6 cm³/mol. The van der Waals surface area contributed by atoms with E-state index >= 15 is 0 Å². The minimum atomic E-state index is -4.38. The standard InChI is InChI=1S/C13H10F3NO/c14-13(15,16)7-4-5-9-8(6-7)12-10(17-9)2-1-3-11(12)18/h4-6,17H,1-3H2. The number of benzene rings is 1. The van der Waals surface area contributed by atoms with Crippen molar-refractivity contribution in [1.29, 1.82) is 0 Å². The van der Waals surface area contributed by atoms with E-state index in [2.05, 4.69) is 4.98 Å². The molecule has 94 valence electrons. The first-order valence-corrected chi connectivity index (χ1v) is 5.72. The van der Waals surface area contributed by atoms with Gasteiger partial charge in [0.1, 0.15) is 0 Å². The lowest BCUT2D eigenvalue weighted by molar-refractivity contribution is -0.137. The number of H-pyrrole nitrogens is 1. The molecule has 0 bridgehead atoms. The van der Waals surface area contributed by atoms with Gasteiger partial charge in [-0.3, -0.25) is 4.79 Å². The average molecular weight is 253 g/mol. The molecule has 2 nitrogen and oxygen atoms in total. The molecule has 0 aliphatic heterocycles. The number of aromatic amines is 1. The van der Waals surface area contributed by atoms with E-state index in [0.29, 0.717) is 22.9 Å². The van der Waals surface area contributed by atoms with Crippen molar-refractivity contribution in [3.63, 3.8) is 0 Å². The van der Waals surface area contributed by atoms with Gasteiger partial charge in [0.15, 0.2) is 5.78 Å². The Bertz CT molecular complexity index is 639. The molecule has 1 aliphatic rings. The molecular formula is C13H10F3NO. The third-order valence-electron chi connectivity index (χ3n) is 3.31. The number of ketones is 1.